The maximum atomic E-state index is 13.0. The lowest BCUT2D eigenvalue weighted by Crippen LogP contribution is -2.46. The van der Waals surface area contributed by atoms with Crippen LogP contribution >= 0.6 is 0 Å². The number of rotatable bonds is 13. The van der Waals surface area contributed by atoms with Crippen molar-refractivity contribution in [2.45, 2.75) is 25.3 Å². The van der Waals surface area contributed by atoms with E-state index in [9.17, 15) is 14.4 Å². The summed E-state index contributed by atoms with van der Waals surface area (Å²) in [5, 5.41) is 7.08. The first-order valence-electron chi connectivity index (χ1n) is 14.8. The minimum Gasteiger partial charge on any atom is -0.496 e. The average molecular weight is 599 g/mol. The molecule has 3 amide bonds. The second-order valence-corrected chi connectivity index (χ2v) is 10.7. The minimum atomic E-state index is -0.367. The number of hydrogen-bond donors (Lipinski definition) is 3. The molecule has 230 valence electrons. The number of ether oxygens (including phenoxy) is 3. The number of nitrogens with zero attached hydrogens (tertiary/aromatic N) is 1. The normalized spacial score (nSPS) is 13.7. The van der Waals surface area contributed by atoms with Crippen molar-refractivity contribution in [2.24, 2.45) is 0 Å². The topological polar surface area (TPSA) is 122 Å². The molecule has 1 aromatic heterocycles. The van der Waals surface area contributed by atoms with Crippen molar-refractivity contribution >= 4 is 28.6 Å². The van der Waals surface area contributed by atoms with Gasteiger partial charge in [-0.3, -0.25) is 14.4 Å². The van der Waals surface area contributed by atoms with Crippen molar-refractivity contribution in [3.63, 3.8) is 0 Å². The molecule has 0 radical (unpaired) electrons. The molecule has 1 atom stereocenters. The lowest BCUT2D eigenvalue weighted by molar-refractivity contribution is -0.125. The van der Waals surface area contributed by atoms with Crippen LogP contribution in [0.1, 0.15) is 27.9 Å². The van der Waals surface area contributed by atoms with Crippen LogP contribution in [0.25, 0.3) is 10.9 Å². The number of methoxy groups -OCH3 is 1. The van der Waals surface area contributed by atoms with Gasteiger partial charge in [0.15, 0.2) is 6.61 Å². The van der Waals surface area contributed by atoms with Crippen LogP contribution in [0.15, 0.2) is 79.0 Å². The first kappa shape index (κ1) is 30.6. The van der Waals surface area contributed by atoms with Crippen LogP contribution in [-0.2, 0) is 27.2 Å². The van der Waals surface area contributed by atoms with Gasteiger partial charge in [0.1, 0.15) is 11.5 Å². The number of morpholine rings is 1. The van der Waals surface area contributed by atoms with Crippen molar-refractivity contribution in [1.29, 1.82) is 0 Å². The number of nitrogens with one attached hydrogen (secondary N) is 3. The Labute approximate surface area is 256 Å². The fourth-order valence-electron chi connectivity index (χ4n) is 5.28. The van der Waals surface area contributed by atoms with Crippen molar-refractivity contribution < 1.29 is 28.6 Å². The first-order valence-corrected chi connectivity index (χ1v) is 14.8. The lowest BCUT2D eigenvalue weighted by Gasteiger charge is -2.26. The van der Waals surface area contributed by atoms with Gasteiger partial charge in [0, 0.05) is 48.7 Å². The SMILES string of the molecule is COc1ccccc1CCC(=O)NCC(Cc1c[nH]c2ccccc12)NC(=O)COc1ccc(C(=O)N2CCOCC2)cc1. The summed E-state index contributed by atoms with van der Waals surface area (Å²) in [6, 6.07) is 22.0. The summed E-state index contributed by atoms with van der Waals surface area (Å²) in [4.78, 5) is 43.5. The number of aromatic amines is 1. The molecule has 0 aliphatic carbocycles. The smallest absolute Gasteiger partial charge is 0.258 e. The predicted octanol–water partition coefficient (Wildman–Crippen LogP) is 3.50. The Balaban J connectivity index is 1.16. The summed E-state index contributed by atoms with van der Waals surface area (Å²) in [7, 11) is 1.61. The van der Waals surface area contributed by atoms with E-state index >= 15 is 0 Å². The molecule has 1 fully saturated rings. The number of carbonyl (C=O) groups is 3. The molecule has 1 saturated heterocycles. The quantitative estimate of drug-likeness (QED) is 0.217. The van der Waals surface area contributed by atoms with Gasteiger partial charge in [0.2, 0.25) is 5.91 Å². The first-order chi connectivity index (χ1) is 21.5. The predicted molar refractivity (Wildman–Crippen MR) is 167 cm³/mol. The molecule has 3 aromatic carbocycles. The van der Waals surface area contributed by atoms with Crippen molar-refractivity contribution in [3.05, 3.63) is 95.7 Å². The third kappa shape index (κ3) is 8.17. The maximum absolute atomic E-state index is 13.0. The molecule has 2 heterocycles. The van der Waals surface area contributed by atoms with Gasteiger partial charge >= 0.3 is 0 Å². The summed E-state index contributed by atoms with van der Waals surface area (Å²) in [5.74, 6) is 0.755. The summed E-state index contributed by atoms with van der Waals surface area (Å²) < 4.78 is 16.4. The number of H-pyrrole nitrogens is 1. The Morgan fingerprint density at radius 3 is 2.48 bits per heavy atom. The van der Waals surface area contributed by atoms with Gasteiger partial charge in [-0.2, -0.15) is 0 Å². The van der Waals surface area contributed by atoms with E-state index in [0.29, 0.717) is 56.9 Å². The molecule has 10 heteroatoms. The molecule has 1 unspecified atom stereocenters. The Morgan fingerprint density at radius 1 is 0.932 bits per heavy atom. The number of benzene rings is 3. The summed E-state index contributed by atoms with van der Waals surface area (Å²) in [5.41, 5.74) is 3.57. The lowest BCUT2D eigenvalue weighted by atomic mass is 10.0. The molecule has 1 aliphatic rings. The Morgan fingerprint density at radius 2 is 1.68 bits per heavy atom. The van der Waals surface area contributed by atoms with Gasteiger partial charge in [0.05, 0.1) is 26.4 Å². The van der Waals surface area contributed by atoms with Crippen LogP contribution < -0.4 is 20.1 Å². The molecule has 1 aliphatic heterocycles. The summed E-state index contributed by atoms with van der Waals surface area (Å²) >= 11 is 0. The zero-order valence-corrected chi connectivity index (χ0v) is 24.8. The number of carbonyl (C=O) groups excluding carboxylic acids is 3. The van der Waals surface area contributed by atoms with E-state index < -0.39 is 0 Å². The van der Waals surface area contributed by atoms with Crippen molar-refractivity contribution in [3.8, 4) is 11.5 Å². The highest BCUT2D eigenvalue weighted by Crippen LogP contribution is 2.20. The molecule has 44 heavy (non-hydrogen) atoms. The van der Waals surface area contributed by atoms with Crippen LogP contribution in [0.4, 0.5) is 0 Å². The minimum absolute atomic E-state index is 0.0531. The van der Waals surface area contributed by atoms with Crippen LogP contribution in [0.5, 0.6) is 11.5 Å². The molecule has 0 spiro atoms. The number of para-hydroxylation sites is 2. The van der Waals surface area contributed by atoms with Crippen LogP contribution in [0.3, 0.4) is 0 Å². The Kier molecular flexibility index (Phi) is 10.5. The fraction of sp³-hybridized carbons (Fsp3) is 0.324. The van der Waals surface area contributed by atoms with Gasteiger partial charge in [-0.15, -0.1) is 0 Å². The van der Waals surface area contributed by atoms with Crippen molar-refractivity contribution in [2.75, 3.05) is 46.6 Å². The molecule has 10 nitrogen and oxygen atoms in total. The average Bonchev–Trinajstić information content (AvgIpc) is 3.48. The third-order valence-corrected chi connectivity index (χ3v) is 7.64. The van der Waals surface area contributed by atoms with Gasteiger partial charge in [-0.05, 0) is 60.4 Å². The fourth-order valence-corrected chi connectivity index (χ4v) is 5.28. The van der Waals surface area contributed by atoms with E-state index in [-0.39, 0.29) is 36.9 Å². The standard InChI is InChI=1S/C34H38N4O6/c1-42-31-9-5-2-6-24(31)12-15-32(39)36-22-27(20-26-21-35-30-8-4-3-7-29(26)30)37-33(40)23-44-28-13-10-25(11-14-28)34(41)38-16-18-43-19-17-38/h2-11,13-14,21,27,35H,12,15-20,22-23H2,1H3,(H,36,39)(H,37,40). The van der Waals surface area contributed by atoms with E-state index in [1.165, 1.54) is 0 Å². The summed E-state index contributed by atoms with van der Waals surface area (Å²) in [6.45, 7) is 2.27. The van der Waals surface area contributed by atoms with Gasteiger partial charge in [-0.1, -0.05) is 36.4 Å². The van der Waals surface area contributed by atoms with E-state index in [1.807, 2.05) is 54.7 Å². The number of amides is 3. The molecule has 5 rings (SSSR count). The molecule has 0 saturated carbocycles. The largest absolute Gasteiger partial charge is 0.496 e. The van der Waals surface area contributed by atoms with Crippen molar-refractivity contribution in [1.82, 2.24) is 20.5 Å². The number of fused-ring (bicyclic) bond motifs is 1. The monoisotopic (exact) mass is 598 g/mol. The van der Waals surface area contributed by atoms with E-state index in [1.54, 1.807) is 36.3 Å². The zero-order chi connectivity index (χ0) is 30.7. The highest BCUT2D eigenvalue weighted by atomic mass is 16.5. The highest BCUT2D eigenvalue weighted by Gasteiger charge is 2.20. The summed E-state index contributed by atoms with van der Waals surface area (Å²) in [6.07, 6.45) is 3.28. The maximum Gasteiger partial charge on any atom is 0.258 e. The molecule has 0 bridgehead atoms. The Hall–Kier alpha value is -4.83. The van der Waals surface area contributed by atoms with Crippen LogP contribution in [0.2, 0.25) is 0 Å². The molecular weight excluding hydrogens is 560 g/mol. The van der Waals surface area contributed by atoms with E-state index in [0.717, 1.165) is 27.8 Å². The zero-order valence-electron chi connectivity index (χ0n) is 24.8. The highest BCUT2D eigenvalue weighted by molar-refractivity contribution is 5.94. The van der Waals surface area contributed by atoms with Crippen LogP contribution in [0, 0.1) is 0 Å². The molecule has 4 aromatic rings. The second kappa shape index (κ2) is 15.1. The molecule has 3 N–H and O–H groups in total. The van der Waals surface area contributed by atoms with Crippen LogP contribution in [-0.4, -0.2) is 80.2 Å². The number of aryl methyl sites for hydroxylation is 1. The number of aromatic nitrogens is 1. The van der Waals surface area contributed by atoms with Gasteiger partial charge in [-0.25, -0.2) is 0 Å². The van der Waals surface area contributed by atoms with Gasteiger partial charge in [0.25, 0.3) is 11.8 Å². The van der Waals surface area contributed by atoms with E-state index in [4.69, 9.17) is 14.2 Å². The molecular formula is C34H38N4O6. The Bertz CT molecular complexity index is 1560. The van der Waals surface area contributed by atoms with Gasteiger partial charge < -0.3 is 34.7 Å². The third-order valence-electron chi connectivity index (χ3n) is 7.64. The number of hydrogen-bond acceptors (Lipinski definition) is 6. The second-order valence-electron chi connectivity index (χ2n) is 10.7. The van der Waals surface area contributed by atoms with E-state index in [2.05, 4.69) is 15.6 Å².